The van der Waals surface area contributed by atoms with Crippen LogP contribution in [0.4, 0.5) is 13.2 Å². The summed E-state index contributed by atoms with van der Waals surface area (Å²) < 4.78 is 50.9. The zero-order valence-electron chi connectivity index (χ0n) is 17.0. The summed E-state index contributed by atoms with van der Waals surface area (Å²) in [6, 6.07) is 9.02. The highest BCUT2D eigenvalue weighted by Crippen LogP contribution is 2.39. The van der Waals surface area contributed by atoms with E-state index in [9.17, 15) is 13.2 Å². The molecule has 0 aromatic heterocycles. The van der Waals surface area contributed by atoms with Crippen molar-refractivity contribution in [3.63, 3.8) is 0 Å². The van der Waals surface area contributed by atoms with Gasteiger partial charge in [0.25, 0.3) is 0 Å². The van der Waals surface area contributed by atoms with E-state index >= 15 is 0 Å². The zero-order chi connectivity index (χ0) is 21.0. The highest BCUT2D eigenvalue weighted by molar-refractivity contribution is 5.52. The molecule has 29 heavy (non-hydrogen) atoms. The number of hydrogen-bond donors (Lipinski definition) is 1. The van der Waals surface area contributed by atoms with E-state index in [0.717, 1.165) is 36.6 Å². The molecule has 4 nitrogen and oxygen atoms in total. The summed E-state index contributed by atoms with van der Waals surface area (Å²) in [6.45, 7) is 2.12. The number of methoxy groups -OCH3 is 1. The second-order valence-corrected chi connectivity index (χ2v) is 7.47. The van der Waals surface area contributed by atoms with Gasteiger partial charge >= 0.3 is 6.18 Å². The van der Waals surface area contributed by atoms with Gasteiger partial charge < -0.3 is 19.7 Å². The smallest absolute Gasteiger partial charge is 0.416 e. The van der Waals surface area contributed by atoms with Crippen molar-refractivity contribution >= 4 is 0 Å². The van der Waals surface area contributed by atoms with Crippen molar-refractivity contribution < 1.29 is 22.6 Å². The van der Waals surface area contributed by atoms with Crippen molar-refractivity contribution in [1.29, 1.82) is 0 Å². The van der Waals surface area contributed by atoms with Gasteiger partial charge in [0, 0.05) is 13.1 Å². The molecule has 0 saturated heterocycles. The maximum Gasteiger partial charge on any atom is 0.416 e. The summed E-state index contributed by atoms with van der Waals surface area (Å²) in [6.07, 6.45) is -2.72. The van der Waals surface area contributed by atoms with Crippen LogP contribution in [0.25, 0.3) is 0 Å². The van der Waals surface area contributed by atoms with Crippen molar-refractivity contribution in [2.75, 3.05) is 40.9 Å². The standard InChI is InChI=1S/C22H27F3N2O2/c1-27(2)10-5-11-29-20-14-18-15(13-19(20)28-3)8-9-26-21(18)16-6-4-7-17(12-16)22(23,24)25/h4,6-7,12-14,21,26H,5,8-11H2,1-3H3. The molecule has 158 valence electrons. The average molecular weight is 408 g/mol. The fourth-order valence-electron chi connectivity index (χ4n) is 3.59. The van der Waals surface area contributed by atoms with Gasteiger partial charge in [-0.15, -0.1) is 0 Å². The molecule has 0 fully saturated rings. The fraction of sp³-hybridized carbons (Fsp3) is 0.455. The molecule has 1 aliphatic rings. The van der Waals surface area contributed by atoms with Crippen molar-refractivity contribution in [3.8, 4) is 11.5 Å². The Morgan fingerprint density at radius 2 is 1.93 bits per heavy atom. The van der Waals surface area contributed by atoms with Gasteiger partial charge in [-0.1, -0.05) is 12.1 Å². The Labute approximate surface area is 169 Å². The lowest BCUT2D eigenvalue weighted by Crippen LogP contribution is -2.31. The molecular formula is C22H27F3N2O2. The second-order valence-electron chi connectivity index (χ2n) is 7.47. The number of nitrogens with one attached hydrogen (secondary N) is 1. The van der Waals surface area contributed by atoms with Crippen molar-refractivity contribution in [2.24, 2.45) is 0 Å². The van der Waals surface area contributed by atoms with Gasteiger partial charge in [-0.2, -0.15) is 13.2 Å². The summed E-state index contributed by atoms with van der Waals surface area (Å²) in [4.78, 5) is 2.08. The van der Waals surface area contributed by atoms with Gasteiger partial charge in [0.2, 0.25) is 0 Å². The maximum atomic E-state index is 13.2. The van der Waals surface area contributed by atoms with Crippen molar-refractivity contribution in [3.05, 3.63) is 58.7 Å². The van der Waals surface area contributed by atoms with Crippen LogP contribution in [-0.4, -0.2) is 45.8 Å². The van der Waals surface area contributed by atoms with Crippen LogP contribution in [0.15, 0.2) is 36.4 Å². The quantitative estimate of drug-likeness (QED) is 0.694. The molecule has 0 amide bonds. The number of fused-ring (bicyclic) bond motifs is 1. The summed E-state index contributed by atoms with van der Waals surface area (Å²) >= 11 is 0. The molecule has 1 atom stereocenters. The molecule has 1 aliphatic heterocycles. The Morgan fingerprint density at radius 3 is 2.62 bits per heavy atom. The summed E-state index contributed by atoms with van der Waals surface area (Å²) in [5.41, 5.74) is 1.93. The molecule has 1 unspecified atom stereocenters. The molecule has 0 bridgehead atoms. The molecule has 2 aromatic carbocycles. The average Bonchev–Trinajstić information content (AvgIpc) is 2.69. The minimum absolute atomic E-state index is 0.323. The first-order chi connectivity index (χ1) is 13.8. The summed E-state index contributed by atoms with van der Waals surface area (Å²) in [5, 5.41) is 3.35. The molecule has 7 heteroatoms. The third-order valence-corrected chi connectivity index (χ3v) is 5.03. The predicted molar refractivity (Wildman–Crippen MR) is 107 cm³/mol. The van der Waals surface area contributed by atoms with Gasteiger partial charge in [0.1, 0.15) is 0 Å². The minimum atomic E-state index is -4.37. The molecule has 0 spiro atoms. The van der Waals surface area contributed by atoms with Gasteiger partial charge in [-0.3, -0.25) is 0 Å². The van der Waals surface area contributed by atoms with Crippen molar-refractivity contribution in [2.45, 2.75) is 25.1 Å². The van der Waals surface area contributed by atoms with Crippen molar-refractivity contribution in [1.82, 2.24) is 10.2 Å². The first kappa shape index (κ1) is 21.5. The predicted octanol–water partition coefficient (Wildman–Crippen LogP) is 4.28. The Kier molecular flexibility index (Phi) is 6.70. The van der Waals surface area contributed by atoms with Crippen LogP contribution in [-0.2, 0) is 12.6 Å². The minimum Gasteiger partial charge on any atom is -0.493 e. The molecule has 2 aromatic rings. The van der Waals surface area contributed by atoms with E-state index in [2.05, 4.69) is 10.2 Å². The molecule has 0 radical (unpaired) electrons. The van der Waals surface area contributed by atoms with Crippen LogP contribution in [0, 0.1) is 0 Å². The van der Waals surface area contributed by atoms with E-state index in [1.54, 1.807) is 13.2 Å². The summed E-state index contributed by atoms with van der Waals surface area (Å²) in [5.74, 6) is 1.27. The van der Waals surface area contributed by atoms with E-state index in [0.29, 0.717) is 30.2 Å². The number of alkyl halides is 3. The van der Waals surface area contributed by atoms with Crippen LogP contribution >= 0.6 is 0 Å². The van der Waals surface area contributed by atoms with E-state index in [4.69, 9.17) is 9.47 Å². The lowest BCUT2D eigenvalue weighted by atomic mass is 9.88. The first-order valence-corrected chi connectivity index (χ1v) is 9.68. The monoisotopic (exact) mass is 408 g/mol. The maximum absolute atomic E-state index is 13.2. The normalized spacial score (nSPS) is 16.6. The highest BCUT2D eigenvalue weighted by Gasteiger charge is 2.32. The van der Waals surface area contributed by atoms with Crippen LogP contribution in [0.5, 0.6) is 11.5 Å². The number of benzene rings is 2. The Bertz CT molecular complexity index is 837. The van der Waals surface area contributed by atoms with E-state index < -0.39 is 11.7 Å². The number of ether oxygens (including phenoxy) is 2. The third kappa shape index (κ3) is 5.22. The van der Waals surface area contributed by atoms with E-state index in [1.807, 2.05) is 26.2 Å². The Morgan fingerprint density at radius 1 is 1.14 bits per heavy atom. The topological polar surface area (TPSA) is 33.7 Å². The van der Waals surface area contributed by atoms with Gasteiger partial charge in [-0.05, 0) is 67.9 Å². The van der Waals surface area contributed by atoms with Crippen LogP contribution in [0.1, 0.15) is 34.7 Å². The Balaban J connectivity index is 1.90. The van der Waals surface area contributed by atoms with Crippen LogP contribution in [0.2, 0.25) is 0 Å². The molecule has 0 aliphatic carbocycles. The molecule has 1 N–H and O–H groups in total. The van der Waals surface area contributed by atoms with Crippen LogP contribution in [0.3, 0.4) is 0 Å². The highest BCUT2D eigenvalue weighted by atomic mass is 19.4. The van der Waals surface area contributed by atoms with E-state index in [-0.39, 0.29) is 6.04 Å². The number of rotatable bonds is 7. The SMILES string of the molecule is COc1cc2c(cc1OCCCN(C)C)C(c1cccc(C(F)(F)F)c1)NCC2. The van der Waals surface area contributed by atoms with Crippen LogP contribution < -0.4 is 14.8 Å². The number of nitrogens with zero attached hydrogens (tertiary/aromatic N) is 1. The molecule has 0 saturated carbocycles. The largest absolute Gasteiger partial charge is 0.493 e. The second kappa shape index (κ2) is 9.05. The molecular weight excluding hydrogens is 381 g/mol. The molecule has 3 rings (SSSR count). The fourth-order valence-corrected chi connectivity index (χ4v) is 3.59. The third-order valence-electron chi connectivity index (χ3n) is 5.03. The van der Waals surface area contributed by atoms with Gasteiger partial charge in [-0.25, -0.2) is 0 Å². The Hall–Kier alpha value is -2.25. The zero-order valence-corrected chi connectivity index (χ0v) is 17.0. The molecule has 1 heterocycles. The number of halogens is 3. The first-order valence-electron chi connectivity index (χ1n) is 9.68. The van der Waals surface area contributed by atoms with Gasteiger partial charge in [0.05, 0.1) is 25.3 Å². The van der Waals surface area contributed by atoms with E-state index in [1.165, 1.54) is 12.1 Å². The number of hydrogen-bond acceptors (Lipinski definition) is 4. The van der Waals surface area contributed by atoms with Gasteiger partial charge in [0.15, 0.2) is 11.5 Å². The lowest BCUT2D eigenvalue weighted by molar-refractivity contribution is -0.137. The summed E-state index contributed by atoms with van der Waals surface area (Å²) in [7, 11) is 5.61. The lowest BCUT2D eigenvalue weighted by Gasteiger charge is -2.29.